The van der Waals surface area contributed by atoms with Crippen molar-refractivity contribution in [2.45, 2.75) is 175 Å². The summed E-state index contributed by atoms with van der Waals surface area (Å²) in [4.78, 5) is 0. The summed E-state index contributed by atoms with van der Waals surface area (Å²) in [6.45, 7) is 22.3. The molecule has 2 aliphatic rings. The quantitative estimate of drug-likeness (QED) is 0.255. The third-order valence-electron chi connectivity index (χ3n) is 11.4. The third kappa shape index (κ3) is 7.95. The molecule has 0 amide bonds. The smallest absolute Gasteiger partial charge is 0.192 e. The van der Waals surface area contributed by atoms with Crippen molar-refractivity contribution in [2.75, 3.05) is 6.61 Å². The van der Waals surface area contributed by atoms with Crippen molar-refractivity contribution in [3.63, 3.8) is 0 Å². The first-order valence-corrected chi connectivity index (χ1v) is 20.8. The maximum Gasteiger partial charge on any atom is 0.192 e. The van der Waals surface area contributed by atoms with Crippen LogP contribution in [0.3, 0.4) is 0 Å². The molecule has 0 aromatic carbocycles. The molecule has 0 radical (unpaired) electrons. The minimum absolute atomic E-state index is 0.0847. The van der Waals surface area contributed by atoms with Gasteiger partial charge in [-0.2, -0.15) is 0 Å². The number of aliphatic hydroxyl groups is 1. The molecule has 0 bridgehead atoms. The van der Waals surface area contributed by atoms with E-state index in [1.807, 2.05) is 0 Å². The highest BCUT2D eigenvalue weighted by molar-refractivity contribution is 6.74. The van der Waals surface area contributed by atoms with Crippen molar-refractivity contribution in [2.24, 2.45) is 22.7 Å². The zero-order valence-corrected chi connectivity index (χ0v) is 28.6. The fourth-order valence-electron chi connectivity index (χ4n) is 6.94. The molecular formula is C32H66O3Si2. The Kier molecular flexibility index (Phi) is 7.65. The summed E-state index contributed by atoms with van der Waals surface area (Å²) in [5, 5.41) is 11.3. The Morgan fingerprint density at radius 2 is 1.46 bits per heavy atom. The number of fused-ring (bicyclic) bond motifs is 1. The molecule has 2 fully saturated rings. The number of hydrogen-bond acceptors (Lipinski definition) is 3. The molecule has 3 nitrogen and oxygen atoms in total. The topological polar surface area (TPSA) is 38.7 Å². The van der Waals surface area contributed by atoms with Crippen LogP contribution in [-0.2, 0) is 8.85 Å². The van der Waals surface area contributed by atoms with Crippen LogP contribution in [0.4, 0.5) is 0 Å². The summed E-state index contributed by atoms with van der Waals surface area (Å²) < 4.78 is 61.0. The van der Waals surface area contributed by atoms with Gasteiger partial charge in [0.1, 0.15) is 0 Å². The van der Waals surface area contributed by atoms with Gasteiger partial charge in [-0.1, -0.05) is 68.2 Å². The Bertz CT molecular complexity index is 923. The Labute approximate surface area is 243 Å². The highest BCUT2D eigenvalue weighted by Crippen LogP contribution is 2.63. The fourth-order valence-corrected chi connectivity index (χ4v) is 9.38. The van der Waals surface area contributed by atoms with E-state index in [-0.39, 0.29) is 33.4 Å². The SMILES string of the molecule is [2H]C([2H])([2H])C(O)(CCCC(C)(CCO[Si](C)(C)C(C)(C)C)[C@H]1CCC2[C@@H](O[Si](C)(C)C(C)(C)C)CCC[C@@]21C)C([2H])([2H])[2H]. The molecule has 2 unspecified atom stereocenters. The Hall–Kier alpha value is 0.314. The average molecular weight is 561 g/mol. The lowest BCUT2D eigenvalue weighted by atomic mass is 9.56. The maximum atomic E-state index is 11.0. The second kappa shape index (κ2) is 11.3. The molecule has 5 heteroatoms. The van der Waals surface area contributed by atoms with E-state index in [9.17, 15) is 5.11 Å². The van der Waals surface area contributed by atoms with E-state index >= 15 is 0 Å². The summed E-state index contributed by atoms with van der Waals surface area (Å²) in [7, 11) is -3.91. The fraction of sp³-hybridized carbons (Fsp3) is 1.00. The molecule has 0 aromatic heterocycles. The molecule has 0 saturated heterocycles. The number of rotatable bonds is 11. The van der Waals surface area contributed by atoms with Crippen molar-refractivity contribution < 1.29 is 22.2 Å². The van der Waals surface area contributed by atoms with Gasteiger partial charge in [0.05, 0.1) is 5.60 Å². The molecule has 220 valence electrons. The van der Waals surface area contributed by atoms with E-state index in [4.69, 9.17) is 17.1 Å². The summed E-state index contributed by atoms with van der Waals surface area (Å²) in [6.07, 6.45) is 7.40. The van der Waals surface area contributed by atoms with Crippen LogP contribution in [0.1, 0.15) is 135 Å². The van der Waals surface area contributed by atoms with Crippen LogP contribution in [0.5, 0.6) is 0 Å². The Morgan fingerprint density at radius 1 is 0.865 bits per heavy atom. The van der Waals surface area contributed by atoms with Gasteiger partial charge in [0.15, 0.2) is 16.6 Å². The van der Waals surface area contributed by atoms with Gasteiger partial charge in [-0.05, 0) is 118 Å². The van der Waals surface area contributed by atoms with Crippen LogP contribution in [0.25, 0.3) is 0 Å². The predicted molar refractivity (Wildman–Crippen MR) is 166 cm³/mol. The predicted octanol–water partition coefficient (Wildman–Crippen LogP) is 9.95. The molecule has 2 saturated carbocycles. The highest BCUT2D eigenvalue weighted by Gasteiger charge is 2.57. The monoisotopic (exact) mass is 560 g/mol. The highest BCUT2D eigenvalue weighted by atomic mass is 28.4. The zero-order valence-electron chi connectivity index (χ0n) is 32.6. The van der Waals surface area contributed by atoms with Gasteiger partial charge in [-0.15, -0.1) is 0 Å². The summed E-state index contributed by atoms with van der Waals surface area (Å²) in [5.41, 5.74) is -2.82. The van der Waals surface area contributed by atoms with Crippen LogP contribution < -0.4 is 0 Å². The second-order valence-corrected chi connectivity index (χ2v) is 25.8. The summed E-state index contributed by atoms with van der Waals surface area (Å²) >= 11 is 0. The van der Waals surface area contributed by atoms with E-state index in [2.05, 4.69) is 81.6 Å². The first-order chi connectivity index (χ1) is 19.0. The van der Waals surface area contributed by atoms with Gasteiger partial charge in [0, 0.05) is 20.9 Å². The first-order valence-electron chi connectivity index (χ1n) is 18.0. The standard InChI is InChI=1S/C32H66O3Si2/c1-28(2,3)36(11,12)34-24-23-31(9,21-16-20-30(7,8)33)27-19-18-25-26(17-15-22-32(25,27)10)35-37(13,14)29(4,5)6/h25-27,33H,15-24H2,1-14H3/t25?,26-,27+,31?,32-/m0/s1/i7D3,8D3. The Morgan fingerprint density at radius 3 is 2.00 bits per heavy atom. The lowest BCUT2D eigenvalue weighted by Gasteiger charge is -2.53. The molecule has 0 aliphatic heterocycles. The largest absolute Gasteiger partial charge is 0.417 e. The van der Waals surface area contributed by atoms with Crippen LogP contribution in [0.2, 0.25) is 36.3 Å². The van der Waals surface area contributed by atoms with Crippen molar-refractivity contribution in [3.05, 3.63) is 0 Å². The molecule has 0 heterocycles. The van der Waals surface area contributed by atoms with Gasteiger partial charge < -0.3 is 14.0 Å². The molecule has 5 atom stereocenters. The minimum atomic E-state index is -2.98. The van der Waals surface area contributed by atoms with Gasteiger partial charge in [0.25, 0.3) is 0 Å². The van der Waals surface area contributed by atoms with Crippen LogP contribution in [0.15, 0.2) is 0 Å². The average Bonchev–Trinajstić information content (AvgIpc) is 3.14. The van der Waals surface area contributed by atoms with Crippen LogP contribution in [0, 0.1) is 22.7 Å². The van der Waals surface area contributed by atoms with Crippen LogP contribution in [-0.4, -0.2) is 40.1 Å². The second-order valence-electron chi connectivity index (χ2n) is 16.3. The van der Waals surface area contributed by atoms with E-state index in [1.165, 1.54) is 0 Å². The first kappa shape index (κ1) is 25.1. The van der Waals surface area contributed by atoms with Gasteiger partial charge in [-0.3, -0.25) is 0 Å². The van der Waals surface area contributed by atoms with Gasteiger partial charge in [-0.25, -0.2) is 0 Å². The van der Waals surface area contributed by atoms with E-state index in [0.717, 1.165) is 38.5 Å². The van der Waals surface area contributed by atoms with Crippen molar-refractivity contribution in [3.8, 4) is 0 Å². The van der Waals surface area contributed by atoms with Gasteiger partial charge in [0.2, 0.25) is 0 Å². The van der Waals surface area contributed by atoms with Crippen molar-refractivity contribution in [1.82, 2.24) is 0 Å². The van der Waals surface area contributed by atoms with E-state index < -0.39 is 35.9 Å². The molecule has 0 spiro atoms. The van der Waals surface area contributed by atoms with Crippen LogP contribution >= 0.6 is 0 Å². The van der Waals surface area contributed by atoms with Crippen molar-refractivity contribution in [1.29, 1.82) is 0 Å². The lowest BCUT2D eigenvalue weighted by Crippen LogP contribution is -2.51. The lowest BCUT2D eigenvalue weighted by molar-refractivity contribution is -0.0508. The zero-order chi connectivity index (χ0) is 33.7. The van der Waals surface area contributed by atoms with E-state index in [0.29, 0.717) is 31.3 Å². The molecule has 0 aromatic rings. The molecule has 2 rings (SSSR count). The van der Waals surface area contributed by atoms with Crippen molar-refractivity contribution >= 4 is 16.6 Å². The summed E-state index contributed by atoms with van der Waals surface area (Å²) in [6, 6.07) is 0. The normalized spacial score (nSPS) is 32.8. The molecule has 2 aliphatic carbocycles. The molecular weight excluding hydrogens is 489 g/mol. The maximum absolute atomic E-state index is 11.0. The summed E-state index contributed by atoms with van der Waals surface area (Å²) in [5.74, 6) is 0.857. The number of hydrogen-bond donors (Lipinski definition) is 1. The minimum Gasteiger partial charge on any atom is -0.417 e. The van der Waals surface area contributed by atoms with E-state index in [1.54, 1.807) is 0 Å². The van der Waals surface area contributed by atoms with Gasteiger partial charge >= 0.3 is 0 Å². The third-order valence-corrected chi connectivity index (χ3v) is 20.4. The Balaban J connectivity index is 2.39. The molecule has 37 heavy (non-hydrogen) atoms. The molecule has 1 N–H and O–H groups in total.